The molecule has 14 nitrogen and oxygen atoms in total. The summed E-state index contributed by atoms with van der Waals surface area (Å²) in [6.07, 6.45) is 4.08. The molecular weight excluding hydrogens is 960 g/mol. The Morgan fingerprint density at radius 2 is 1.62 bits per heavy atom. The number of likely N-dealkylation sites (tertiary alicyclic amines) is 2. The van der Waals surface area contributed by atoms with E-state index in [9.17, 15) is 29.5 Å². The smallest absolute Gasteiger partial charge is 0.251 e. The van der Waals surface area contributed by atoms with E-state index in [0.717, 1.165) is 73.4 Å². The van der Waals surface area contributed by atoms with E-state index in [2.05, 4.69) is 64.5 Å². The van der Waals surface area contributed by atoms with Gasteiger partial charge in [0.25, 0.3) is 5.91 Å². The number of aliphatic hydroxyl groups is 1. The number of halogens is 1. The molecule has 16 heteroatoms. The summed E-state index contributed by atoms with van der Waals surface area (Å²) in [4.78, 5) is 67.4. The molecule has 4 fully saturated rings. The molecule has 6 atom stereocenters. The number of nitrogens with zero attached hydrogens (tertiary/aromatic N) is 5. The summed E-state index contributed by atoms with van der Waals surface area (Å²) in [6.45, 7) is 21.0. The maximum atomic E-state index is 14.4. The van der Waals surface area contributed by atoms with Gasteiger partial charge in [0.15, 0.2) is 0 Å². The first-order valence-electron chi connectivity index (χ1n) is 25.9. The minimum Gasteiger partial charge on any atom is -0.489 e. The van der Waals surface area contributed by atoms with Gasteiger partial charge < -0.3 is 35.6 Å². The van der Waals surface area contributed by atoms with E-state index >= 15 is 0 Å². The van der Waals surface area contributed by atoms with E-state index in [-0.39, 0.29) is 84.2 Å². The first-order valence-corrected chi connectivity index (χ1v) is 27.1. The zero-order valence-corrected chi connectivity index (χ0v) is 45.4. The standard InChI is InChI=1S/C57H73ClN8O6S/c1-34(37-17-19-38(20-18-37)48-35(2)60-33-73-48)61-51(70)46-26-43(67)31-66(46)52(71)49(55(3,4)5)62-47(68)32-65-41-22-23-42(65)30-64(29-41)25-11-10-12-36-13-15-39(16-14-36)50(69)63-53-56(6,7)54(57(53,8)9)72-44-24-21-40(28-59)45(58)27-44/h13-21,24,27,33-34,41-43,46,49,53-54,67H,10-12,22-23,25-26,29-32H2,1-9H3,(H,61,70)(H,62,68)(H,63,69)/t34-,41?,42?,43+,46?,49?,53-,54-/m0/s1. The molecule has 3 saturated heterocycles. The zero-order valence-electron chi connectivity index (χ0n) is 43.8. The lowest BCUT2D eigenvalue weighted by Crippen LogP contribution is -2.74. The highest BCUT2D eigenvalue weighted by Gasteiger charge is 2.64. The van der Waals surface area contributed by atoms with Crippen molar-refractivity contribution >= 4 is 46.6 Å². The van der Waals surface area contributed by atoms with Gasteiger partial charge in [-0.2, -0.15) is 5.26 Å². The van der Waals surface area contributed by atoms with Crippen molar-refractivity contribution < 1.29 is 29.0 Å². The third kappa shape index (κ3) is 11.8. The van der Waals surface area contributed by atoms with Crippen molar-refractivity contribution in [1.82, 2.24) is 35.6 Å². The lowest BCUT2D eigenvalue weighted by Gasteiger charge is -2.63. The molecule has 3 aliphatic heterocycles. The van der Waals surface area contributed by atoms with Gasteiger partial charge in [-0.3, -0.25) is 24.1 Å². The van der Waals surface area contributed by atoms with Gasteiger partial charge in [0.1, 0.15) is 30.0 Å². The van der Waals surface area contributed by atoms with E-state index in [1.807, 2.05) is 88.7 Å². The molecule has 4 aliphatic rings. The first-order chi connectivity index (χ1) is 34.5. The Morgan fingerprint density at radius 3 is 2.22 bits per heavy atom. The highest BCUT2D eigenvalue weighted by Crippen LogP contribution is 2.55. The number of carbonyl (C=O) groups is 4. The van der Waals surface area contributed by atoms with Gasteiger partial charge in [-0.05, 0) is 98.9 Å². The van der Waals surface area contributed by atoms with Crippen LogP contribution in [-0.2, 0) is 20.8 Å². The Morgan fingerprint density at radius 1 is 0.945 bits per heavy atom. The van der Waals surface area contributed by atoms with Crippen LogP contribution in [0, 0.1) is 34.5 Å². The maximum absolute atomic E-state index is 14.4. The Hall–Kier alpha value is -5.37. The molecule has 4 amide bonds. The van der Waals surface area contributed by atoms with Gasteiger partial charge in [0.2, 0.25) is 17.7 Å². The predicted octanol–water partition coefficient (Wildman–Crippen LogP) is 8.10. The highest BCUT2D eigenvalue weighted by molar-refractivity contribution is 7.13. The van der Waals surface area contributed by atoms with E-state index in [1.54, 1.807) is 29.5 Å². The van der Waals surface area contributed by atoms with Crippen LogP contribution < -0.4 is 20.7 Å². The summed E-state index contributed by atoms with van der Waals surface area (Å²) < 4.78 is 6.40. The number of thiazole rings is 1. The van der Waals surface area contributed by atoms with Crippen LogP contribution in [0.25, 0.3) is 10.4 Å². The normalized spacial score (nSPS) is 24.2. The van der Waals surface area contributed by atoms with Crippen LogP contribution >= 0.6 is 22.9 Å². The van der Waals surface area contributed by atoms with Crippen molar-refractivity contribution in [3.63, 3.8) is 0 Å². The molecule has 1 aromatic heterocycles. The third-order valence-corrected chi connectivity index (χ3v) is 17.2. The van der Waals surface area contributed by atoms with E-state index in [0.29, 0.717) is 21.9 Å². The molecule has 1 saturated carbocycles. The summed E-state index contributed by atoms with van der Waals surface area (Å²) in [7, 11) is 0. The van der Waals surface area contributed by atoms with Crippen LogP contribution in [0.3, 0.4) is 0 Å². The molecule has 73 heavy (non-hydrogen) atoms. The number of aromatic nitrogens is 1. The van der Waals surface area contributed by atoms with Crippen LogP contribution in [0.5, 0.6) is 5.75 Å². The number of carbonyl (C=O) groups excluding carboxylic acids is 4. The number of aryl methyl sites for hydroxylation is 2. The number of unbranched alkanes of at least 4 members (excludes halogenated alkanes) is 1. The van der Waals surface area contributed by atoms with Crippen LogP contribution in [0.15, 0.2) is 72.2 Å². The van der Waals surface area contributed by atoms with Gasteiger partial charge in [-0.1, -0.05) is 96.5 Å². The van der Waals surface area contributed by atoms with E-state index in [1.165, 1.54) is 10.5 Å². The number of hydrogen-bond acceptors (Lipinski definition) is 11. The molecule has 4 aromatic rings. The van der Waals surface area contributed by atoms with Crippen LogP contribution in [0.1, 0.15) is 126 Å². The molecule has 390 valence electrons. The molecular formula is C57H73ClN8O6S. The minimum atomic E-state index is -0.891. The van der Waals surface area contributed by atoms with Crippen molar-refractivity contribution in [3.05, 3.63) is 105 Å². The topological polar surface area (TPSA) is 180 Å². The number of fused-ring (bicyclic) bond motifs is 2. The number of hydrogen-bond donors (Lipinski definition) is 4. The molecule has 1 aliphatic carbocycles. The summed E-state index contributed by atoms with van der Waals surface area (Å²) >= 11 is 7.86. The highest BCUT2D eigenvalue weighted by atomic mass is 35.5. The average molecular weight is 1030 g/mol. The number of ether oxygens (including phenoxy) is 1. The first kappa shape index (κ1) is 53.9. The number of aliphatic hydroxyl groups excluding tert-OH is 1. The van der Waals surface area contributed by atoms with Crippen LogP contribution in [0.4, 0.5) is 0 Å². The zero-order chi connectivity index (χ0) is 52.6. The van der Waals surface area contributed by atoms with Crippen LogP contribution in [0.2, 0.25) is 5.02 Å². The fourth-order valence-corrected chi connectivity index (χ4v) is 13.2. The molecule has 4 heterocycles. The molecule has 2 bridgehead atoms. The second-order valence-electron chi connectivity index (χ2n) is 23.2. The molecule has 4 N–H and O–H groups in total. The van der Waals surface area contributed by atoms with Gasteiger partial charge >= 0.3 is 0 Å². The number of amides is 4. The Kier molecular flexibility index (Phi) is 16.1. The number of nitrogens with one attached hydrogen (secondary N) is 3. The lowest BCUT2D eigenvalue weighted by atomic mass is 9.49. The van der Waals surface area contributed by atoms with Gasteiger partial charge in [-0.15, -0.1) is 11.3 Å². The Labute approximate surface area is 440 Å². The van der Waals surface area contributed by atoms with Gasteiger partial charge in [0.05, 0.1) is 45.4 Å². The molecule has 0 radical (unpaired) electrons. The maximum Gasteiger partial charge on any atom is 0.251 e. The quantitative estimate of drug-likeness (QED) is 0.0756. The Balaban J connectivity index is 0.773. The second kappa shape index (κ2) is 21.8. The average Bonchev–Trinajstić information content (AvgIpc) is 4.02. The van der Waals surface area contributed by atoms with E-state index < -0.39 is 23.6 Å². The molecule has 0 spiro atoms. The fraction of sp³-hybridized carbons (Fsp3) is 0.544. The van der Waals surface area contributed by atoms with Crippen LogP contribution in [-0.4, -0.2) is 124 Å². The summed E-state index contributed by atoms with van der Waals surface area (Å²) in [5.74, 6) is -0.433. The number of benzene rings is 3. The van der Waals surface area contributed by atoms with E-state index in [4.69, 9.17) is 16.3 Å². The summed E-state index contributed by atoms with van der Waals surface area (Å²) in [5.41, 5.74) is 5.61. The number of β-amino-alcohol motifs (C(OH)–C–C–N with tert-alkyl or cyclic N) is 1. The molecule has 8 rings (SSSR count). The van der Waals surface area contributed by atoms with Crippen molar-refractivity contribution in [3.8, 4) is 22.3 Å². The monoisotopic (exact) mass is 1030 g/mol. The molecule has 4 unspecified atom stereocenters. The SMILES string of the molecule is Cc1ncsc1-c1ccc([C@H](C)NC(=O)C2C[C@@H](O)CN2C(=O)C(NC(=O)CN2C3CCC2CN(CCCCc2ccc(C(=O)N[C@H]4C(C)(C)[C@H](Oc5ccc(C#N)c(Cl)c5)C4(C)C)cc2)C3)C(C)(C)C)cc1. The van der Waals surface area contributed by atoms with Gasteiger partial charge in [0, 0.05) is 66.6 Å². The lowest BCUT2D eigenvalue weighted by molar-refractivity contribution is -0.164. The van der Waals surface area contributed by atoms with Crippen molar-refractivity contribution in [1.29, 1.82) is 5.26 Å². The summed E-state index contributed by atoms with van der Waals surface area (Å²) in [6, 6.07) is 21.4. The summed E-state index contributed by atoms with van der Waals surface area (Å²) in [5, 5.41) is 29.8. The second-order valence-corrected chi connectivity index (χ2v) is 24.4. The van der Waals surface area contributed by atoms with Crippen molar-refractivity contribution in [2.45, 2.75) is 149 Å². The molecule has 3 aromatic carbocycles. The predicted molar refractivity (Wildman–Crippen MR) is 285 cm³/mol. The number of nitriles is 1. The fourth-order valence-electron chi connectivity index (χ4n) is 12.2. The van der Waals surface area contributed by atoms with Gasteiger partial charge in [-0.25, -0.2) is 4.98 Å². The third-order valence-electron chi connectivity index (χ3n) is 15.9. The van der Waals surface area contributed by atoms with Crippen molar-refractivity contribution in [2.24, 2.45) is 16.2 Å². The Bertz CT molecular complexity index is 2670. The number of rotatable bonds is 17. The van der Waals surface area contributed by atoms with Crippen molar-refractivity contribution in [2.75, 3.05) is 32.7 Å². The minimum absolute atomic E-state index is 0.0188. The number of piperazine rings is 1. The largest absolute Gasteiger partial charge is 0.489 e.